The van der Waals surface area contributed by atoms with Crippen LogP contribution in [0.15, 0.2) is 12.1 Å². The van der Waals surface area contributed by atoms with E-state index in [9.17, 15) is 4.39 Å². The highest BCUT2D eigenvalue weighted by molar-refractivity contribution is 6.32. The summed E-state index contributed by atoms with van der Waals surface area (Å²) in [6, 6.07) is 3.32. The lowest BCUT2D eigenvalue weighted by atomic mass is 10.0. The van der Waals surface area contributed by atoms with Crippen molar-refractivity contribution in [3.8, 4) is 5.75 Å². The van der Waals surface area contributed by atoms with Gasteiger partial charge in [0.25, 0.3) is 0 Å². The van der Waals surface area contributed by atoms with E-state index < -0.39 is 0 Å². The molecule has 3 rings (SSSR count). The van der Waals surface area contributed by atoms with E-state index in [1.54, 1.807) is 6.07 Å². The molecule has 0 bridgehead atoms. The molecule has 0 radical (unpaired) electrons. The van der Waals surface area contributed by atoms with Crippen LogP contribution in [0.25, 0.3) is 0 Å². The van der Waals surface area contributed by atoms with Crippen molar-refractivity contribution < 1.29 is 9.13 Å². The fourth-order valence-electron chi connectivity index (χ4n) is 2.61. The quantitative estimate of drug-likeness (QED) is 0.892. The van der Waals surface area contributed by atoms with Crippen LogP contribution in [-0.2, 0) is 6.42 Å². The molecule has 1 aromatic carbocycles. The van der Waals surface area contributed by atoms with E-state index in [1.807, 2.05) is 0 Å². The summed E-state index contributed by atoms with van der Waals surface area (Å²) in [6.45, 7) is 1.75. The summed E-state index contributed by atoms with van der Waals surface area (Å²) in [7, 11) is 0. The lowest BCUT2D eigenvalue weighted by Crippen LogP contribution is -2.24. The Hall–Kier alpha value is -0.800. The number of hydrogen-bond donors (Lipinski definition) is 1. The molecule has 0 spiro atoms. The molecular weight excluding hydrogens is 265 g/mol. The third-order valence-corrected chi connectivity index (χ3v) is 4.16. The molecule has 1 aromatic rings. The average Bonchev–Trinajstić information content (AvgIpc) is 3.04. The summed E-state index contributed by atoms with van der Waals surface area (Å²) in [6.07, 6.45) is 5.58. The Kier molecular flexibility index (Phi) is 3.94. The molecule has 0 aromatic heterocycles. The zero-order valence-corrected chi connectivity index (χ0v) is 11.7. The van der Waals surface area contributed by atoms with Gasteiger partial charge in [0.15, 0.2) is 0 Å². The number of nitrogens with one attached hydrogen (secondary N) is 1. The molecule has 2 nitrogen and oxygen atoms in total. The summed E-state index contributed by atoms with van der Waals surface area (Å²) in [5.41, 5.74) is 0.894. The Bertz CT molecular complexity index is 456. The zero-order chi connectivity index (χ0) is 13.2. The predicted octanol–water partition coefficient (Wildman–Crippen LogP) is 3.56. The van der Waals surface area contributed by atoms with E-state index >= 15 is 0 Å². The zero-order valence-electron chi connectivity index (χ0n) is 10.9. The Morgan fingerprint density at radius 2 is 2.16 bits per heavy atom. The molecule has 1 aliphatic heterocycles. The van der Waals surface area contributed by atoms with Gasteiger partial charge in [0.2, 0.25) is 0 Å². The maximum absolute atomic E-state index is 13.5. The fraction of sp³-hybridized carbons (Fsp3) is 0.600. The topological polar surface area (TPSA) is 21.3 Å². The van der Waals surface area contributed by atoms with Crippen molar-refractivity contribution in [2.45, 2.75) is 38.1 Å². The Balaban J connectivity index is 1.77. The normalized spacial score (nSPS) is 22.7. The minimum Gasteiger partial charge on any atom is -0.491 e. The SMILES string of the molecule is Fc1cc(Cl)c(OCC2CC2)c(CC2CCCN2)c1. The lowest BCUT2D eigenvalue weighted by Gasteiger charge is -2.16. The summed E-state index contributed by atoms with van der Waals surface area (Å²) in [5.74, 6) is 1.07. The first-order valence-corrected chi connectivity index (χ1v) is 7.44. The van der Waals surface area contributed by atoms with Gasteiger partial charge >= 0.3 is 0 Å². The largest absolute Gasteiger partial charge is 0.491 e. The van der Waals surface area contributed by atoms with Gasteiger partial charge in [-0.25, -0.2) is 4.39 Å². The molecule has 0 amide bonds. The summed E-state index contributed by atoms with van der Waals surface area (Å²) in [4.78, 5) is 0. The fourth-order valence-corrected chi connectivity index (χ4v) is 2.89. The van der Waals surface area contributed by atoms with Crippen molar-refractivity contribution in [3.63, 3.8) is 0 Å². The second-order valence-electron chi connectivity index (χ2n) is 5.63. The average molecular weight is 284 g/mol. The number of benzene rings is 1. The maximum atomic E-state index is 13.5. The number of rotatable bonds is 5. The van der Waals surface area contributed by atoms with Gasteiger partial charge in [-0.2, -0.15) is 0 Å². The summed E-state index contributed by atoms with van der Waals surface area (Å²) < 4.78 is 19.4. The first kappa shape index (κ1) is 13.2. The molecule has 1 atom stereocenters. The highest BCUT2D eigenvalue weighted by Crippen LogP contribution is 2.35. The van der Waals surface area contributed by atoms with Gasteiger partial charge in [-0.1, -0.05) is 11.6 Å². The monoisotopic (exact) mass is 283 g/mol. The second kappa shape index (κ2) is 5.68. The maximum Gasteiger partial charge on any atom is 0.141 e. The van der Waals surface area contributed by atoms with Crippen molar-refractivity contribution in [2.75, 3.05) is 13.2 Å². The summed E-state index contributed by atoms with van der Waals surface area (Å²) >= 11 is 6.14. The van der Waals surface area contributed by atoms with Gasteiger partial charge in [-0.3, -0.25) is 0 Å². The molecule has 1 unspecified atom stereocenters. The molecule has 1 saturated heterocycles. The number of halogens is 2. The van der Waals surface area contributed by atoms with Crippen LogP contribution in [0.1, 0.15) is 31.2 Å². The van der Waals surface area contributed by atoms with Gasteiger partial charge in [-0.05, 0) is 56.7 Å². The third-order valence-electron chi connectivity index (χ3n) is 3.87. The molecule has 1 aliphatic carbocycles. The first-order valence-electron chi connectivity index (χ1n) is 7.06. The molecular formula is C15H19ClFNO. The van der Waals surface area contributed by atoms with Crippen LogP contribution in [0.5, 0.6) is 5.75 Å². The predicted molar refractivity (Wildman–Crippen MR) is 74.4 cm³/mol. The minimum atomic E-state index is -0.281. The molecule has 19 heavy (non-hydrogen) atoms. The molecule has 1 saturated carbocycles. The van der Waals surface area contributed by atoms with Crippen LogP contribution in [0, 0.1) is 11.7 Å². The van der Waals surface area contributed by atoms with Gasteiger partial charge in [-0.15, -0.1) is 0 Å². The second-order valence-corrected chi connectivity index (χ2v) is 6.03. The van der Waals surface area contributed by atoms with E-state index in [0.717, 1.165) is 24.9 Å². The molecule has 2 fully saturated rings. The van der Waals surface area contributed by atoms with Crippen LogP contribution in [0.2, 0.25) is 5.02 Å². The van der Waals surface area contributed by atoms with E-state index in [0.29, 0.717) is 29.3 Å². The van der Waals surface area contributed by atoms with Crippen molar-refractivity contribution in [3.05, 3.63) is 28.5 Å². The van der Waals surface area contributed by atoms with Gasteiger partial charge in [0.1, 0.15) is 11.6 Å². The highest BCUT2D eigenvalue weighted by Gasteiger charge is 2.24. The first-order chi connectivity index (χ1) is 9.22. The van der Waals surface area contributed by atoms with Crippen molar-refractivity contribution in [2.24, 2.45) is 5.92 Å². The van der Waals surface area contributed by atoms with Crippen molar-refractivity contribution in [1.82, 2.24) is 5.32 Å². The van der Waals surface area contributed by atoms with E-state index in [4.69, 9.17) is 16.3 Å². The molecule has 2 aliphatic rings. The van der Waals surface area contributed by atoms with Gasteiger partial charge in [0.05, 0.1) is 11.6 Å². The van der Waals surface area contributed by atoms with E-state index in [1.165, 1.54) is 25.3 Å². The Labute approximate surface area is 118 Å². The van der Waals surface area contributed by atoms with Crippen LogP contribution in [0.4, 0.5) is 4.39 Å². The lowest BCUT2D eigenvalue weighted by molar-refractivity contribution is 0.295. The molecule has 1 N–H and O–H groups in total. The smallest absolute Gasteiger partial charge is 0.141 e. The van der Waals surface area contributed by atoms with Crippen LogP contribution in [-0.4, -0.2) is 19.2 Å². The van der Waals surface area contributed by atoms with E-state index in [-0.39, 0.29) is 5.82 Å². The highest BCUT2D eigenvalue weighted by atomic mass is 35.5. The molecule has 4 heteroatoms. The molecule has 1 heterocycles. The van der Waals surface area contributed by atoms with Crippen LogP contribution < -0.4 is 10.1 Å². The van der Waals surface area contributed by atoms with Crippen LogP contribution in [0.3, 0.4) is 0 Å². The standard InChI is InChI=1S/C15H19ClFNO/c16-14-8-12(17)6-11(7-13-2-1-5-18-13)15(14)19-9-10-3-4-10/h6,8,10,13,18H,1-5,7,9H2. The summed E-state index contributed by atoms with van der Waals surface area (Å²) in [5, 5.41) is 3.82. The third kappa shape index (κ3) is 3.40. The van der Waals surface area contributed by atoms with Crippen molar-refractivity contribution in [1.29, 1.82) is 0 Å². The number of ether oxygens (including phenoxy) is 1. The minimum absolute atomic E-state index is 0.281. The van der Waals surface area contributed by atoms with Gasteiger partial charge < -0.3 is 10.1 Å². The van der Waals surface area contributed by atoms with Crippen LogP contribution >= 0.6 is 11.6 Å². The van der Waals surface area contributed by atoms with Gasteiger partial charge in [0, 0.05) is 11.6 Å². The number of hydrogen-bond acceptors (Lipinski definition) is 2. The van der Waals surface area contributed by atoms with Crippen molar-refractivity contribution >= 4 is 11.6 Å². The van der Waals surface area contributed by atoms with E-state index in [2.05, 4.69) is 5.32 Å². The molecule has 104 valence electrons. The Morgan fingerprint density at radius 1 is 1.32 bits per heavy atom. The Morgan fingerprint density at radius 3 is 2.84 bits per heavy atom.